The van der Waals surface area contributed by atoms with Gasteiger partial charge in [0.05, 0.1) is 17.1 Å². The molecule has 1 N–H and O–H groups in total. The second-order valence-corrected chi connectivity index (χ2v) is 7.34. The van der Waals surface area contributed by atoms with E-state index in [1.165, 1.54) is 25.2 Å². The summed E-state index contributed by atoms with van der Waals surface area (Å²) in [5, 5.41) is 10.7. The molecule has 6 heteroatoms. The first kappa shape index (κ1) is 19.8. The molecule has 0 spiro atoms. The highest BCUT2D eigenvalue weighted by Gasteiger charge is 2.46. The molecule has 1 saturated heterocycles. The molecule has 0 aromatic heterocycles. The Bertz CT molecular complexity index is 878. The molecular formula is C22H22O6. The zero-order valence-corrected chi connectivity index (χ0v) is 15.8. The van der Waals surface area contributed by atoms with Gasteiger partial charge in [-0.25, -0.2) is 9.59 Å². The summed E-state index contributed by atoms with van der Waals surface area (Å²) in [5.41, 5.74) is -0.581. The van der Waals surface area contributed by atoms with Gasteiger partial charge in [-0.15, -0.1) is 0 Å². The van der Waals surface area contributed by atoms with Crippen molar-refractivity contribution >= 4 is 17.7 Å². The van der Waals surface area contributed by atoms with Crippen LogP contribution in [0.2, 0.25) is 0 Å². The van der Waals surface area contributed by atoms with Crippen LogP contribution in [0.3, 0.4) is 0 Å². The highest BCUT2D eigenvalue weighted by atomic mass is 16.6. The lowest BCUT2D eigenvalue weighted by atomic mass is 9.82. The molecule has 1 aliphatic heterocycles. The van der Waals surface area contributed by atoms with Gasteiger partial charge in [0.25, 0.3) is 0 Å². The van der Waals surface area contributed by atoms with Crippen molar-refractivity contribution in [1.29, 1.82) is 0 Å². The van der Waals surface area contributed by atoms with Gasteiger partial charge < -0.3 is 14.6 Å². The van der Waals surface area contributed by atoms with Crippen molar-refractivity contribution in [2.45, 2.75) is 38.1 Å². The van der Waals surface area contributed by atoms with Crippen molar-refractivity contribution in [1.82, 2.24) is 0 Å². The first-order valence-corrected chi connectivity index (χ1v) is 8.98. The molecular weight excluding hydrogens is 360 g/mol. The number of hydrogen-bond donors (Lipinski definition) is 1. The van der Waals surface area contributed by atoms with E-state index in [-0.39, 0.29) is 17.8 Å². The maximum Gasteiger partial charge on any atom is 0.338 e. The minimum Gasteiger partial charge on any atom is -0.458 e. The maximum absolute atomic E-state index is 12.6. The number of aliphatic hydroxyl groups is 1. The standard InChI is InChI=1S/C22H22O6/c1-13-11-17-19(14(2)20(24)27-17)18(12-22(3,26)10-9-16(13)23)28-21(25)15-7-5-4-6-8-15/h4-11,17-19,26H,2,12H2,1,3H3/b10-9+,13-11-/t17-,18-,19+,22+/m1/s1. The van der Waals surface area contributed by atoms with Crippen LogP contribution >= 0.6 is 0 Å². The van der Waals surface area contributed by atoms with E-state index in [4.69, 9.17) is 9.47 Å². The van der Waals surface area contributed by atoms with Gasteiger partial charge in [0, 0.05) is 12.0 Å². The molecule has 0 bridgehead atoms. The van der Waals surface area contributed by atoms with E-state index in [0.717, 1.165) is 0 Å². The van der Waals surface area contributed by atoms with Crippen LogP contribution in [0.4, 0.5) is 0 Å². The van der Waals surface area contributed by atoms with Crippen LogP contribution in [-0.4, -0.2) is 40.6 Å². The summed E-state index contributed by atoms with van der Waals surface area (Å²) < 4.78 is 11.0. The average Bonchev–Trinajstić information content (AvgIpc) is 2.92. The van der Waals surface area contributed by atoms with Crippen molar-refractivity contribution in [2.24, 2.45) is 5.92 Å². The number of rotatable bonds is 2. The van der Waals surface area contributed by atoms with Gasteiger partial charge in [-0.1, -0.05) is 24.8 Å². The van der Waals surface area contributed by atoms with Crippen molar-refractivity contribution in [3.05, 3.63) is 71.8 Å². The SMILES string of the molecule is C=C1C(=O)O[C@@H]2/C=C(/C)C(=O)/C=C/[C@](C)(O)C[C@@H](OC(=O)c3ccccc3)[C@@H]12. The molecule has 1 fully saturated rings. The fourth-order valence-electron chi connectivity index (χ4n) is 3.39. The Morgan fingerprint density at radius 1 is 1.29 bits per heavy atom. The van der Waals surface area contributed by atoms with Crippen LogP contribution in [0, 0.1) is 5.92 Å². The molecule has 3 rings (SSSR count). The number of carbonyl (C=O) groups is 3. The summed E-state index contributed by atoms with van der Waals surface area (Å²) in [6, 6.07) is 8.44. The molecule has 1 heterocycles. The predicted octanol–water partition coefficient (Wildman–Crippen LogP) is 2.54. The first-order chi connectivity index (χ1) is 13.2. The lowest BCUT2D eigenvalue weighted by Crippen LogP contribution is -2.39. The Hall–Kier alpha value is -2.99. The summed E-state index contributed by atoms with van der Waals surface area (Å²) in [6.45, 7) is 6.90. The molecule has 0 amide bonds. The quantitative estimate of drug-likeness (QED) is 0.624. The number of hydrogen-bond acceptors (Lipinski definition) is 6. The smallest absolute Gasteiger partial charge is 0.338 e. The predicted molar refractivity (Wildman–Crippen MR) is 101 cm³/mol. The molecule has 0 saturated carbocycles. The van der Waals surface area contributed by atoms with E-state index in [9.17, 15) is 19.5 Å². The third-order valence-corrected chi connectivity index (χ3v) is 4.94. The molecule has 28 heavy (non-hydrogen) atoms. The fourth-order valence-corrected chi connectivity index (χ4v) is 3.39. The van der Waals surface area contributed by atoms with E-state index in [2.05, 4.69) is 6.58 Å². The molecule has 2 aliphatic rings. The number of benzene rings is 1. The molecule has 1 aromatic carbocycles. The van der Waals surface area contributed by atoms with Gasteiger partial charge in [0.2, 0.25) is 0 Å². The van der Waals surface area contributed by atoms with Gasteiger partial charge in [-0.3, -0.25) is 4.79 Å². The molecule has 6 nitrogen and oxygen atoms in total. The summed E-state index contributed by atoms with van der Waals surface area (Å²) >= 11 is 0. The summed E-state index contributed by atoms with van der Waals surface area (Å²) in [7, 11) is 0. The lowest BCUT2D eigenvalue weighted by molar-refractivity contribution is -0.137. The Balaban J connectivity index is 2.00. The highest BCUT2D eigenvalue weighted by Crippen LogP contribution is 2.37. The number of ketones is 1. The van der Waals surface area contributed by atoms with E-state index in [1.54, 1.807) is 37.3 Å². The van der Waals surface area contributed by atoms with Crippen LogP contribution in [-0.2, 0) is 19.1 Å². The van der Waals surface area contributed by atoms with E-state index < -0.39 is 35.7 Å². The Labute approximate surface area is 163 Å². The normalized spacial score (nSPS) is 33.3. The Kier molecular flexibility index (Phi) is 5.34. The molecule has 146 valence electrons. The van der Waals surface area contributed by atoms with Gasteiger partial charge in [0.1, 0.15) is 12.2 Å². The van der Waals surface area contributed by atoms with Crippen molar-refractivity contribution in [2.75, 3.05) is 0 Å². The molecule has 0 unspecified atom stereocenters. The van der Waals surface area contributed by atoms with Crippen molar-refractivity contribution in [3.63, 3.8) is 0 Å². The van der Waals surface area contributed by atoms with Crippen LogP contribution < -0.4 is 0 Å². The molecule has 0 radical (unpaired) electrons. The first-order valence-electron chi connectivity index (χ1n) is 8.98. The van der Waals surface area contributed by atoms with Gasteiger partial charge in [-0.05, 0) is 49.8 Å². The van der Waals surface area contributed by atoms with Crippen molar-refractivity contribution < 1.29 is 29.0 Å². The van der Waals surface area contributed by atoms with Gasteiger partial charge >= 0.3 is 11.9 Å². The fraction of sp³-hybridized carbons (Fsp3) is 0.318. The van der Waals surface area contributed by atoms with Gasteiger partial charge in [-0.2, -0.15) is 0 Å². The number of ether oxygens (including phenoxy) is 2. The third-order valence-electron chi connectivity index (χ3n) is 4.94. The molecule has 1 aliphatic carbocycles. The number of fused-ring (bicyclic) bond motifs is 1. The topological polar surface area (TPSA) is 89.9 Å². The summed E-state index contributed by atoms with van der Waals surface area (Å²) in [4.78, 5) is 37.0. The third kappa shape index (κ3) is 4.12. The zero-order valence-electron chi connectivity index (χ0n) is 15.8. The van der Waals surface area contributed by atoms with Crippen LogP contribution in [0.15, 0.2) is 66.3 Å². The highest BCUT2D eigenvalue weighted by molar-refractivity contribution is 6.03. The van der Waals surface area contributed by atoms with Crippen LogP contribution in [0.1, 0.15) is 30.6 Å². The van der Waals surface area contributed by atoms with Crippen LogP contribution in [0.25, 0.3) is 0 Å². The Morgan fingerprint density at radius 3 is 2.64 bits per heavy atom. The zero-order chi connectivity index (χ0) is 20.5. The van der Waals surface area contributed by atoms with E-state index in [1.807, 2.05) is 0 Å². The second kappa shape index (κ2) is 7.56. The second-order valence-electron chi connectivity index (χ2n) is 7.34. The van der Waals surface area contributed by atoms with Crippen molar-refractivity contribution in [3.8, 4) is 0 Å². The maximum atomic E-state index is 12.6. The lowest BCUT2D eigenvalue weighted by Gasteiger charge is -2.31. The van der Waals surface area contributed by atoms with E-state index in [0.29, 0.717) is 11.1 Å². The average molecular weight is 382 g/mol. The van der Waals surface area contributed by atoms with E-state index >= 15 is 0 Å². The molecule has 1 aromatic rings. The monoisotopic (exact) mass is 382 g/mol. The van der Waals surface area contributed by atoms with Gasteiger partial charge in [0.15, 0.2) is 5.78 Å². The summed E-state index contributed by atoms with van der Waals surface area (Å²) in [6.07, 6.45) is 2.47. The number of esters is 2. The number of carbonyl (C=O) groups excluding carboxylic acids is 3. The van der Waals surface area contributed by atoms with Crippen LogP contribution in [0.5, 0.6) is 0 Å². The summed E-state index contributed by atoms with van der Waals surface area (Å²) in [5.74, 6) is -2.20. The number of allylic oxidation sites excluding steroid dienone is 2. The minimum absolute atomic E-state index is 0.0287. The largest absolute Gasteiger partial charge is 0.458 e. The Morgan fingerprint density at radius 2 is 1.96 bits per heavy atom. The minimum atomic E-state index is -1.44. The molecule has 4 atom stereocenters.